The zero-order chi connectivity index (χ0) is 20.6. The highest BCUT2D eigenvalue weighted by atomic mass is 19.1. The zero-order valence-corrected chi connectivity index (χ0v) is 16.9. The van der Waals surface area contributed by atoms with Gasteiger partial charge in [-0.05, 0) is 42.5 Å². The van der Waals surface area contributed by atoms with Gasteiger partial charge in [-0.15, -0.1) is 0 Å². The Morgan fingerprint density at radius 1 is 1.03 bits per heavy atom. The summed E-state index contributed by atoms with van der Waals surface area (Å²) in [6.45, 7) is 6.99. The molecule has 1 atom stereocenters. The van der Waals surface area contributed by atoms with Gasteiger partial charge in [-0.25, -0.2) is 8.78 Å². The third kappa shape index (κ3) is 2.67. The standard InChI is InChI=1S/C22H25F2N3O2/c1-21(2)8-10-26(11-9-21)14-4-6-15(7-5-14)27-19-17(25(3)22(27)13-29-22)12-16(23)20(28)18(19)24/h4-7,12,28H,8-11,13H2,1-3H3. The molecule has 1 spiro atoms. The number of phenolic OH excluding ortho intramolecular Hbond substituents is 1. The molecular formula is C22H25F2N3O2. The topological polar surface area (TPSA) is 42.5 Å². The Morgan fingerprint density at radius 3 is 2.21 bits per heavy atom. The number of hydrogen-bond acceptors (Lipinski definition) is 5. The van der Waals surface area contributed by atoms with Crippen LogP contribution >= 0.6 is 0 Å². The van der Waals surface area contributed by atoms with Crippen molar-refractivity contribution in [2.45, 2.75) is 32.5 Å². The van der Waals surface area contributed by atoms with Crippen molar-refractivity contribution in [2.75, 3.05) is 41.4 Å². The SMILES string of the molecule is CN1c2cc(F)c(O)c(F)c2N(c2ccc(N3CCC(C)(C)CC3)cc2)C12CO2. The summed E-state index contributed by atoms with van der Waals surface area (Å²) in [5.74, 6) is -3.79. The van der Waals surface area contributed by atoms with Crippen molar-refractivity contribution in [1.82, 2.24) is 0 Å². The van der Waals surface area contributed by atoms with Gasteiger partial charge in [0.1, 0.15) is 12.3 Å². The van der Waals surface area contributed by atoms with Gasteiger partial charge < -0.3 is 19.6 Å². The Bertz CT molecular complexity index is 963. The fourth-order valence-electron chi connectivity index (χ4n) is 4.47. The molecule has 0 saturated carbocycles. The maximum Gasteiger partial charge on any atom is 0.250 e. The molecule has 2 saturated heterocycles. The Hall–Kier alpha value is -2.54. The van der Waals surface area contributed by atoms with E-state index in [1.54, 1.807) is 16.8 Å². The number of nitrogens with zero attached hydrogens (tertiary/aromatic N) is 3. The second-order valence-corrected chi connectivity index (χ2v) is 8.98. The molecule has 7 heteroatoms. The molecule has 1 unspecified atom stereocenters. The molecule has 3 aliphatic heterocycles. The average molecular weight is 401 g/mol. The van der Waals surface area contributed by atoms with E-state index in [-0.39, 0.29) is 5.69 Å². The van der Waals surface area contributed by atoms with Gasteiger partial charge in [-0.3, -0.25) is 4.90 Å². The number of phenols is 1. The lowest BCUT2D eigenvalue weighted by molar-refractivity contribution is 0.280. The van der Waals surface area contributed by atoms with Crippen LogP contribution in [0.1, 0.15) is 26.7 Å². The first-order valence-corrected chi connectivity index (χ1v) is 9.98. The highest BCUT2D eigenvalue weighted by Crippen LogP contribution is 2.57. The number of epoxide rings is 1. The van der Waals surface area contributed by atoms with Crippen LogP contribution in [0.25, 0.3) is 0 Å². The van der Waals surface area contributed by atoms with Gasteiger partial charge in [0.2, 0.25) is 0 Å². The Morgan fingerprint density at radius 2 is 1.62 bits per heavy atom. The maximum absolute atomic E-state index is 14.9. The molecule has 5 rings (SSSR count). The molecule has 0 bridgehead atoms. The largest absolute Gasteiger partial charge is 0.503 e. The summed E-state index contributed by atoms with van der Waals surface area (Å²) in [7, 11) is 1.74. The molecule has 2 aromatic carbocycles. The molecule has 154 valence electrons. The molecule has 5 nitrogen and oxygen atoms in total. The lowest BCUT2D eigenvalue weighted by Gasteiger charge is -2.38. The van der Waals surface area contributed by atoms with Crippen LogP contribution in [0.15, 0.2) is 30.3 Å². The van der Waals surface area contributed by atoms with Crippen LogP contribution < -0.4 is 14.7 Å². The summed E-state index contributed by atoms with van der Waals surface area (Å²) in [5, 5.41) is 9.83. The summed E-state index contributed by atoms with van der Waals surface area (Å²) in [4.78, 5) is 5.79. The lowest BCUT2D eigenvalue weighted by Crippen LogP contribution is -2.43. The number of piperidine rings is 1. The Kier molecular flexibility index (Phi) is 3.81. The van der Waals surface area contributed by atoms with Crippen molar-refractivity contribution in [2.24, 2.45) is 5.41 Å². The van der Waals surface area contributed by atoms with Crippen LogP contribution in [-0.2, 0) is 4.74 Å². The number of fused-ring (bicyclic) bond motifs is 1. The molecule has 29 heavy (non-hydrogen) atoms. The normalized spacial score (nSPS) is 24.9. The van der Waals surface area contributed by atoms with Crippen molar-refractivity contribution < 1.29 is 18.6 Å². The summed E-state index contributed by atoms with van der Waals surface area (Å²) < 4.78 is 34.5. The van der Waals surface area contributed by atoms with Crippen molar-refractivity contribution in [3.05, 3.63) is 42.0 Å². The summed E-state index contributed by atoms with van der Waals surface area (Å²) in [6, 6.07) is 9.08. The van der Waals surface area contributed by atoms with E-state index in [1.807, 2.05) is 24.3 Å². The summed E-state index contributed by atoms with van der Waals surface area (Å²) >= 11 is 0. The van der Waals surface area contributed by atoms with Crippen molar-refractivity contribution in [3.8, 4) is 5.75 Å². The third-order valence-corrected chi connectivity index (χ3v) is 6.60. The first-order chi connectivity index (χ1) is 13.7. The van der Waals surface area contributed by atoms with E-state index in [1.165, 1.54) is 0 Å². The van der Waals surface area contributed by atoms with E-state index in [0.717, 1.165) is 43.4 Å². The predicted molar refractivity (Wildman–Crippen MR) is 109 cm³/mol. The Balaban J connectivity index is 1.50. The number of likely N-dealkylation sites (N-methyl/N-ethyl adjacent to an activating group) is 1. The number of hydrogen-bond donors (Lipinski definition) is 1. The highest BCUT2D eigenvalue weighted by molar-refractivity contribution is 5.87. The van der Waals surface area contributed by atoms with Crippen LogP contribution in [-0.4, -0.2) is 37.7 Å². The summed E-state index contributed by atoms with van der Waals surface area (Å²) in [6.07, 6.45) is 2.29. The predicted octanol–water partition coefficient (Wildman–Crippen LogP) is 4.57. The van der Waals surface area contributed by atoms with Crippen LogP contribution in [0, 0.1) is 17.0 Å². The van der Waals surface area contributed by atoms with Gasteiger partial charge in [0, 0.05) is 37.6 Å². The van der Waals surface area contributed by atoms with E-state index >= 15 is 0 Å². The fraction of sp³-hybridized carbons (Fsp3) is 0.455. The minimum absolute atomic E-state index is 0.136. The van der Waals surface area contributed by atoms with E-state index in [9.17, 15) is 13.9 Å². The van der Waals surface area contributed by atoms with Gasteiger partial charge in [-0.1, -0.05) is 13.8 Å². The first-order valence-electron chi connectivity index (χ1n) is 9.98. The fourth-order valence-corrected chi connectivity index (χ4v) is 4.47. The van der Waals surface area contributed by atoms with E-state index in [4.69, 9.17) is 4.74 Å². The van der Waals surface area contributed by atoms with Crippen LogP contribution in [0.4, 0.5) is 31.5 Å². The number of anilines is 4. The Labute approximate surface area is 169 Å². The van der Waals surface area contributed by atoms with E-state index in [2.05, 4.69) is 18.7 Å². The molecule has 3 aliphatic rings. The first kappa shape index (κ1) is 18.5. The van der Waals surface area contributed by atoms with Crippen molar-refractivity contribution in [1.29, 1.82) is 0 Å². The quantitative estimate of drug-likeness (QED) is 0.747. The molecule has 3 heterocycles. The lowest BCUT2D eigenvalue weighted by atomic mass is 9.82. The number of aromatic hydroxyl groups is 1. The van der Waals surface area contributed by atoms with Crippen LogP contribution in [0.3, 0.4) is 0 Å². The number of benzene rings is 2. The van der Waals surface area contributed by atoms with Gasteiger partial charge in [-0.2, -0.15) is 0 Å². The van der Waals surface area contributed by atoms with Crippen molar-refractivity contribution >= 4 is 22.7 Å². The van der Waals surface area contributed by atoms with Crippen LogP contribution in [0.5, 0.6) is 5.75 Å². The van der Waals surface area contributed by atoms with Gasteiger partial charge >= 0.3 is 0 Å². The van der Waals surface area contributed by atoms with Crippen molar-refractivity contribution in [3.63, 3.8) is 0 Å². The summed E-state index contributed by atoms with van der Waals surface area (Å²) in [5.41, 5.74) is 2.74. The van der Waals surface area contributed by atoms with Gasteiger partial charge in [0.15, 0.2) is 17.4 Å². The average Bonchev–Trinajstić information content (AvgIpc) is 3.45. The molecule has 1 N–H and O–H groups in total. The van der Waals surface area contributed by atoms with Gasteiger partial charge in [0.25, 0.3) is 5.85 Å². The number of ether oxygens (including phenoxy) is 1. The molecule has 2 aromatic rings. The van der Waals surface area contributed by atoms with E-state index in [0.29, 0.717) is 17.7 Å². The molecule has 0 amide bonds. The second-order valence-electron chi connectivity index (χ2n) is 8.98. The third-order valence-electron chi connectivity index (χ3n) is 6.60. The zero-order valence-electron chi connectivity index (χ0n) is 16.9. The second kappa shape index (κ2) is 5.98. The molecule has 2 fully saturated rings. The van der Waals surface area contributed by atoms with Crippen LogP contribution in [0.2, 0.25) is 0 Å². The minimum atomic E-state index is -0.978. The maximum atomic E-state index is 14.9. The molecule has 0 aromatic heterocycles. The monoisotopic (exact) mass is 401 g/mol. The number of rotatable bonds is 2. The highest BCUT2D eigenvalue weighted by Gasteiger charge is 2.61. The molecule has 0 radical (unpaired) electrons. The molecular weight excluding hydrogens is 376 g/mol. The minimum Gasteiger partial charge on any atom is -0.503 e. The van der Waals surface area contributed by atoms with E-state index < -0.39 is 23.2 Å². The smallest absolute Gasteiger partial charge is 0.250 e. The van der Waals surface area contributed by atoms with Gasteiger partial charge in [0.05, 0.1) is 5.69 Å². The molecule has 0 aliphatic carbocycles. The number of halogens is 2.